The molecule has 0 spiro atoms. The second kappa shape index (κ2) is 5.81. The van der Waals surface area contributed by atoms with Crippen LogP contribution in [0.5, 0.6) is 0 Å². The van der Waals surface area contributed by atoms with Crippen molar-refractivity contribution >= 4 is 21.7 Å². The van der Waals surface area contributed by atoms with Crippen LogP contribution in [0.2, 0.25) is 5.02 Å². The van der Waals surface area contributed by atoms with Crippen molar-refractivity contribution in [2.75, 3.05) is 12.9 Å². The predicted molar refractivity (Wildman–Crippen MR) is 68.6 cm³/mol. The van der Waals surface area contributed by atoms with Crippen molar-refractivity contribution < 1.29 is 17.0 Å². The average molecular weight is 321 g/mol. The number of benzene rings is 1. The van der Waals surface area contributed by atoms with Gasteiger partial charge in [0, 0.05) is 11.4 Å². The van der Waals surface area contributed by atoms with Crippen molar-refractivity contribution in [1.82, 2.24) is 20.2 Å². The molecule has 0 fully saturated rings. The van der Waals surface area contributed by atoms with Crippen molar-refractivity contribution in [3.8, 4) is 5.69 Å². The highest BCUT2D eigenvalue weighted by molar-refractivity contribution is 7.85. The monoisotopic (exact) mass is 320 g/mol. The van der Waals surface area contributed by atoms with Gasteiger partial charge < -0.3 is 0 Å². The van der Waals surface area contributed by atoms with Gasteiger partial charge in [-0.05, 0) is 23.4 Å². The summed E-state index contributed by atoms with van der Waals surface area (Å²) in [6, 6.07) is 3.95. The van der Waals surface area contributed by atoms with E-state index in [1.807, 2.05) is 0 Å². The van der Waals surface area contributed by atoms with E-state index in [1.165, 1.54) is 18.2 Å². The molecule has 2 aromatic rings. The van der Waals surface area contributed by atoms with Gasteiger partial charge in [-0.2, -0.15) is 8.42 Å². The minimum absolute atomic E-state index is 0.0558. The van der Waals surface area contributed by atoms with Crippen LogP contribution in [0.3, 0.4) is 0 Å². The molecule has 0 aliphatic rings. The Labute approximate surface area is 119 Å². The molecule has 0 N–H and O–H groups in total. The number of halogens is 2. The Kier molecular flexibility index (Phi) is 4.31. The van der Waals surface area contributed by atoms with Gasteiger partial charge in [-0.25, -0.2) is 4.39 Å². The quantitative estimate of drug-likeness (QED) is 0.763. The molecule has 1 heterocycles. The maximum Gasteiger partial charge on any atom is 0.264 e. The van der Waals surface area contributed by atoms with Crippen molar-refractivity contribution in [3.63, 3.8) is 0 Å². The second-order valence-electron chi connectivity index (χ2n) is 3.87. The molecular weight excluding hydrogens is 311 g/mol. The van der Waals surface area contributed by atoms with Crippen LogP contribution in [-0.2, 0) is 20.7 Å². The molecule has 20 heavy (non-hydrogen) atoms. The average Bonchev–Trinajstić information content (AvgIpc) is 2.79. The molecule has 7 nitrogen and oxygen atoms in total. The van der Waals surface area contributed by atoms with Crippen LogP contribution in [0, 0.1) is 5.82 Å². The highest BCUT2D eigenvalue weighted by Crippen LogP contribution is 2.17. The Morgan fingerprint density at radius 3 is 2.90 bits per heavy atom. The third-order valence-corrected chi connectivity index (χ3v) is 3.03. The summed E-state index contributed by atoms with van der Waals surface area (Å²) in [5, 5.41) is 11.6. The lowest BCUT2D eigenvalue weighted by Gasteiger charge is -2.00. The lowest BCUT2D eigenvalue weighted by molar-refractivity contribution is 0.323. The van der Waals surface area contributed by atoms with E-state index in [4.69, 9.17) is 11.6 Å². The van der Waals surface area contributed by atoms with E-state index >= 15 is 0 Å². The molecule has 0 atom stereocenters. The summed E-state index contributed by atoms with van der Waals surface area (Å²) in [5.41, 5.74) is 0.0558. The van der Waals surface area contributed by atoms with Crippen LogP contribution in [0.1, 0.15) is 5.82 Å². The molecule has 0 radical (unpaired) electrons. The van der Waals surface area contributed by atoms with Gasteiger partial charge in [-0.3, -0.25) is 4.18 Å². The van der Waals surface area contributed by atoms with Crippen LogP contribution in [-0.4, -0.2) is 41.5 Å². The molecule has 0 saturated heterocycles. The Balaban J connectivity index is 2.11. The highest BCUT2D eigenvalue weighted by atomic mass is 35.5. The third kappa shape index (κ3) is 3.95. The molecule has 0 saturated carbocycles. The summed E-state index contributed by atoms with van der Waals surface area (Å²) in [5.74, 6) is -0.321. The van der Waals surface area contributed by atoms with Crippen LogP contribution < -0.4 is 0 Å². The maximum absolute atomic E-state index is 13.6. The molecule has 108 valence electrons. The van der Waals surface area contributed by atoms with Crippen LogP contribution in [0.15, 0.2) is 18.2 Å². The molecular formula is C10H10ClFN4O3S. The van der Waals surface area contributed by atoms with E-state index in [1.54, 1.807) is 0 Å². The van der Waals surface area contributed by atoms with E-state index in [2.05, 4.69) is 19.6 Å². The van der Waals surface area contributed by atoms with Gasteiger partial charge >= 0.3 is 0 Å². The first-order chi connectivity index (χ1) is 9.35. The Morgan fingerprint density at radius 1 is 1.45 bits per heavy atom. The number of hydrogen-bond acceptors (Lipinski definition) is 6. The predicted octanol–water partition coefficient (Wildman–Crippen LogP) is 0.973. The topological polar surface area (TPSA) is 87.0 Å². The molecule has 0 aliphatic heterocycles. The summed E-state index contributed by atoms with van der Waals surface area (Å²) < 4.78 is 39.7. The fourth-order valence-corrected chi connectivity index (χ4v) is 1.92. The normalized spacial score (nSPS) is 11.8. The van der Waals surface area contributed by atoms with Gasteiger partial charge in [-0.1, -0.05) is 11.6 Å². The Hall–Kier alpha value is -1.58. The first-order valence-corrected chi connectivity index (χ1v) is 7.63. The fourth-order valence-electron chi connectivity index (χ4n) is 1.37. The largest absolute Gasteiger partial charge is 0.270 e. The number of hydrogen-bond donors (Lipinski definition) is 0. The molecule has 2 rings (SSSR count). The van der Waals surface area contributed by atoms with E-state index in [9.17, 15) is 12.8 Å². The second-order valence-corrected chi connectivity index (χ2v) is 5.95. The number of aromatic nitrogens is 4. The van der Waals surface area contributed by atoms with Crippen LogP contribution in [0.4, 0.5) is 4.39 Å². The Morgan fingerprint density at radius 2 is 2.20 bits per heavy atom. The number of nitrogens with zero attached hydrogens (tertiary/aromatic N) is 4. The first-order valence-electron chi connectivity index (χ1n) is 5.44. The van der Waals surface area contributed by atoms with Crippen LogP contribution >= 0.6 is 11.6 Å². The highest BCUT2D eigenvalue weighted by Gasteiger charge is 2.11. The Bertz CT molecular complexity index is 719. The number of rotatable bonds is 5. The zero-order valence-corrected chi connectivity index (χ0v) is 11.9. The summed E-state index contributed by atoms with van der Waals surface area (Å²) >= 11 is 5.76. The minimum atomic E-state index is -3.51. The summed E-state index contributed by atoms with van der Waals surface area (Å²) in [6.45, 7) is -0.109. The van der Waals surface area contributed by atoms with Crippen molar-refractivity contribution in [3.05, 3.63) is 34.9 Å². The first kappa shape index (κ1) is 14.8. The van der Waals surface area contributed by atoms with E-state index in [-0.39, 0.29) is 24.5 Å². The fraction of sp³-hybridized carbons (Fsp3) is 0.300. The molecule has 0 bridgehead atoms. The van der Waals surface area contributed by atoms with Crippen molar-refractivity contribution in [1.29, 1.82) is 0 Å². The molecule has 10 heteroatoms. The summed E-state index contributed by atoms with van der Waals surface area (Å²) in [4.78, 5) is 0.983. The molecule has 0 amide bonds. The van der Waals surface area contributed by atoms with E-state index < -0.39 is 15.9 Å². The zero-order chi connectivity index (χ0) is 14.8. The zero-order valence-electron chi connectivity index (χ0n) is 10.3. The van der Waals surface area contributed by atoms with Gasteiger partial charge in [0.05, 0.1) is 12.9 Å². The minimum Gasteiger partial charge on any atom is -0.270 e. The molecule has 1 aromatic carbocycles. The smallest absolute Gasteiger partial charge is 0.264 e. The molecule has 0 unspecified atom stereocenters. The molecule has 1 aromatic heterocycles. The van der Waals surface area contributed by atoms with Gasteiger partial charge in [0.2, 0.25) is 0 Å². The third-order valence-electron chi connectivity index (χ3n) is 2.20. The lowest BCUT2D eigenvalue weighted by Crippen LogP contribution is -2.07. The SMILES string of the molecule is CS(=O)(=O)OCCc1nnn(-c2cc(Cl)ccc2F)n1. The van der Waals surface area contributed by atoms with Crippen molar-refractivity contribution in [2.24, 2.45) is 0 Å². The molecule has 0 aliphatic carbocycles. The lowest BCUT2D eigenvalue weighted by atomic mass is 10.3. The van der Waals surface area contributed by atoms with Crippen molar-refractivity contribution in [2.45, 2.75) is 6.42 Å². The standard InChI is InChI=1S/C10H10ClFN4O3S/c1-20(17,18)19-5-4-10-13-15-16(14-10)9-6-7(11)2-3-8(9)12/h2-3,6H,4-5H2,1H3. The van der Waals surface area contributed by atoms with E-state index in [0.29, 0.717) is 5.02 Å². The summed E-state index contributed by atoms with van der Waals surface area (Å²) in [7, 11) is -3.51. The summed E-state index contributed by atoms with van der Waals surface area (Å²) in [6.07, 6.45) is 1.08. The van der Waals surface area contributed by atoms with Crippen LogP contribution in [0.25, 0.3) is 5.69 Å². The van der Waals surface area contributed by atoms with Gasteiger partial charge in [-0.15, -0.1) is 15.0 Å². The maximum atomic E-state index is 13.6. The van der Waals surface area contributed by atoms with Gasteiger partial charge in [0.15, 0.2) is 11.6 Å². The van der Waals surface area contributed by atoms with Gasteiger partial charge in [0.25, 0.3) is 10.1 Å². The number of tetrazole rings is 1. The van der Waals surface area contributed by atoms with E-state index in [0.717, 1.165) is 11.1 Å². The van der Waals surface area contributed by atoms with Gasteiger partial charge in [0.1, 0.15) is 5.69 Å².